The maximum absolute atomic E-state index is 8.78. The zero-order valence-electron chi connectivity index (χ0n) is 5.91. The van der Waals surface area contributed by atoms with Crippen LogP contribution in [0.3, 0.4) is 0 Å². The van der Waals surface area contributed by atoms with Gasteiger partial charge in [-0.25, -0.2) is 0 Å². The van der Waals surface area contributed by atoms with Crippen LogP contribution in [0.25, 0.3) is 10.1 Å². The minimum atomic E-state index is 0.491. The fourth-order valence-electron chi connectivity index (χ4n) is 1.03. The largest absolute Gasteiger partial charge is 0.200 e. The zero-order chi connectivity index (χ0) is 8.55. The number of aromatic nitrogens is 1. The van der Waals surface area contributed by atoms with Crippen molar-refractivity contribution < 1.29 is 0 Å². The quantitative estimate of drug-likeness (QED) is 0.647. The van der Waals surface area contributed by atoms with Gasteiger partial charge in [-0.15, -0.1) is 0 Å². The number of halogens is 1. The number of rotatable bonds is 0. The first kappa shape index (κ1) is 7.53. The predicted octanol–water partition coefficient (Wildman–Crippen LogP) is 2.82. The number of nitriles is 1. The van der Waals surface area contributed by atoms with Crippen LogP contribution in [0.15, 0.2) is 18.3 Å². The Morgan fingerprint density at radius 2 is 2.33 bits per heavy atom. The van der Waals surface area contributed by atoms with Crippen LogP contribution >= 0.6 is 23.1 Å². The van der Waals surface area contributed by atoms with Crippen LogP contribution in [0.1, 0.15) is 5.56 Å². The average molecular weight is 195 g/mol. The summed E-state index contributed by atoms with van der Waals surface area (Å²) in [5.74, 6) is 0. The van der Waals surface area contributed by atoms with Gasteiger partial charge in [-0.2, -0.15) is 9.64 Å². The molecular formula is C8H3ClN2S. The van der Waals surface area contributed by atoms with E-state index in [9.17, 15) is 0 Å². The molecule has 1 aromatic heterocycles. The van der Waals surface area contributed by atoms with Gasteiger partial charge in [-0.1, -0.05) is 11.6 Å². The Labute approximate surface area is 78.2 Å². The number of hydrogen-bond donors (Lipinski definition) is 0. The summed E-state index contributed by atoms with van der Waals surface area (Å²) in [5.41, 5.74) is 0.517. The highest BCUT2D eigenvalue weighted by Gasteiger charge is 2.06. The molecule has 0 unspecified atom stereocenters. The van der Waals surface area contributed by atoms with E-state index < -0.39 is 0 Å². The summed E-state index contributed by atoms with van der Waals surface area (Å²) in [7, 11) is 0. The fraction of sp³-hybridized carbons (Fsp3) is 0. The number of benzene rings is 1. The molecule has 0 saturated carbocycles. The lowest BCUT2D eigenvalue weighted by molar-refractivity contribution is 1.50. The Bertz CT molecular complexity index is 469. The monoisotopic (exact) mass is 194 g/mol. The van der Waals surface area contributed by atoms with Gasteiger partial charge in [0.2, 0.25) is 0 Å². The van der Waals surface area contributed by atoms with Gasteiger partial charge in [0.25, 0.3) is 0 Å². The van der Waals surface area contributed by atoms with Crippen molar-refractivity contribution in [3.05, 3.63) is 28.9 Å². The van der Waals surface area contributed by atoms with E-state index >= 15 is 0 Å². The summed E-state index contributed by atoms with van der Waals surface area (Å²) in [5, 5.41) is 10.1. The first-order valence-corrected chi connectivity index (χ1v) is 4.41. The Hall–Kier alpha value is -1.11. The van der Waals surface area contributed by atoms with Gasteiger partial charge >= 0.3 is 0 Å². The van der Waals surface area contributed by atoms with E-state index in [1.807, 2.05) is 6.07 Å². The summed E-state index contributed by atoms with van der Waals surface area (Å²) in [6, 6.07) is 5.65. The third kappa shape index (κ3) is 0.970. The molecule has 0 spiro atoms. The second-order valence-electron chi connectivity index (χ2n) is 2.27. The lowest BCUT2D eigenvalue weighted by atomic mass is 10.2. The topological polar surface area (TPSA) is 36.7 Å². The Morgan fingerprint density at radius 3 is 3.08 bits per heavy atom. The van der Waals surface area contributed by atoms with Crippen LogP contribution in [0.2, 0.25) is 5.02 Å². The van der Waals surface area contributed by atoms with E-state index in [0.717, 1.165) is 10.1 Å². The molecule has 4 heteroatoms. The van der Waals surface area contributed by atoms with Crippen LogP contribution in [0.4, 0.5) is 0 Å². The molecule has 58 valence electrons. The average Bonchev–Trinajstić information content (AvgIpc) is 2.52. The summed E-state index contributed by atoms with van der Waals surface area (Å²) in [6.45, 7) is 0. The van der Waals surface area contributed by atoms with Crippen molar-refractivity contribution in [1.82, 2.24) is 4.37 Å². The summed E-state index contributed by atoms with van der Waals surface area (Å²) in [6.07, 6.45) is 1.67. The van der Waals surface area contributed by atoms with Crippen molar-refractivity contribution in [3.8, 4) is 6.07 Å². The molecular weight excluding hydrogens is 192 g/mol. The molecule has 2 aromatic rings. The normalized spacial score (nSPS) is 10.0. The van der Waals surface area contributed by atoms with Crippen LogP contribution in [-0.2, 0) is 0 Å². The molecule has 0 amide bonds. The molecule has 12 heavy (non-hydrogen) atoms. The number of hydrogen-bond acceptors (Lipinski definition) is 3. The molecule has 0 aliphatic heterocycles. The smallest absolute Gasteiger partial charge is 0.101 e. The minimum absolute atomic E-state index is 0.491. The standard InChI is InChI=1S/C8H3ClN2S/c9-7-1-2-8-6(4-11-12-8)5(7)3-10/h1-2,4H. The van der Waals surface area contributed by atoms with Crippen LogP contribution < -0.4 is 0 Å². The second-order valence-corrected chi connectivity index (χ2v) is 3.51. The maximum Gasteiger partial charge on any atom is 0.101 e. The predicted molar refractivity (Wildman–Crippen MR) is 49.3 cm³/mol. The molecule has 0 saturated heterocycles. The van der Waals surface area contributed by atoms with Crippen LogP contribution in [-0.4, -0.2) is 4.37 Å². The van der Waals surface area contributed by atoms with E-state index in [2.05, 4.69) is 10.4 Å². The van der Waals surface area contributed by atoms with Crippen LogP contribution in [0.5, 0.6) is 0 Å². The third-order valence-corrected chi connectivity index (χ3v) is 2.68. The highest BCUT2D eigenvalue weighted by Crippen LogP contribution is 2.27. The minimum Gasteiger partial charge on any atom is -0.200 e. The first-order chi connectivity index (χ1) is 5.83. The van der Waals surface area contributed by atoms with Gasteiger partial charge in [0, 0.05) is 11.6 Å². The summed E-state index contributed by atoms with van der Waals surface area (Å²) >= 11 is 7.18. The molecule has 0 radical (unpaired) electrons. The van der Waals surface area contributed by atoms with Crippen molar-refractivity contribution in [1.29, 1.82) is 5.26 Å². The second kappa shape index (κ2) is 2.74. The fourth-order valence-corrected chi connectivity index (χ4v) is 1.89. The number of nitrogens with zero attached hydrogens (tertiary/aromatic N) is 2. The molecule has 0 atom stereocenters. The molecule has 1 aromatic carbocycles. The Balaban J connectivity index is 2.94. The molecule has 1 heterocycles. The van der Waals surface area contributed by atoms with Gasteiger partial charge < -0.3 is 0 Å². The van der Waals surface area contributed by atoms with Gasteiger partial charge in [0.1, 0.15) is 6.07 Å². The Kier molecular flexibility index (Phi) is 1.72. The molecule has 0 bridgehead atoms. The van der Waals surface area contributed by atoms with E-state index in [-0.39, 0.29) is 0 Å². The van der Waals surface area contributed by atoms with E-state index in [1.54, 1.807) is 12.3 Å². The van der Waals surface area contributed by atoms with Gasteiger partial charge in [-0.05, 0) is 23.7 Å². The van der Waals surface area contributed by atoms with E-state index in [4.69, 9.17) is 16.9 Å². The van der Waals surface area contributed by atoms with Gasteiger partial charge in [-0.3, -0.25) is 0 Å². The van der Waals surface area contributed by atoms with E-state index in [1.165, 1.54) is 11.5 Å². The molecule has 0 aliphatic rings. The van der Waals surface area contributed by atoms with E-state index in [0.29, 0.717) is 10.6 Å². The molecule has 0 aliphatic carbocycles. The first-order valence-electron chi connectivity index (χ1n) is 3.26. The zero-order valence-corrected chi connectivity index (χ0v) is 7.49. The summed E-state index contributed by atoms with van der Waals surface area (Å²) < 4.78 is 4.98. The van der Waals surface area contributed by atoms with Crippen molar-refractivity contribution >= 4 is 33.2 Å². The Morgan fingerprint density at radius 1 is 1.50 bits per heavy atom. The van der Waals surface area contributed by atoms with Crippen molar-refractivity contribution in [2.45, 2.75) is 0 Å². The number of fused-ring (bicyclic) bond motifs is 1. The van der Waals surface area contributed by atoms with Gasteiger partial charge in [0.15, 0.2) is 0 Å². The lowest BCUT2D eigenvalue weighted by Crippen LogP contribution is -1.76. The highest BCUT2D eigenvalue weighted by atomic mass is 35.5. The molecule has 0 N–H and O–H groups in total. The van der Waals surface area contributed by atoms with Gasteiger partial charge in [0.05, 0.1) is 15.3 Å². The molecule has 2 rings (SSSR count). The lowest BCUT2D eigenvalue weighted by Gasteiger charge is -1.93. The van der Waals surface area contributed by atoms with Crippen molar-refractivity contribution in [2.24, 2.45) is 0 Å². The molecule has 0 fully saturated rings. The third-order valence-electron chi connectivity index (χ3n) is 1.60. The summed E-state index contributed by atoms with van der Waals surface area (Å²) in [4.78, 5) is 0. The SMILES string of the molecule is N#Cc1c(Cl)ccc2sncc12. The molecule has 2 nitrogen and oxygen atoms in total. The van der Waals surface area contributed by atoms with Crippen molar-refractivity contribution in [2.75, 3.05) is 0 Å². The maximum atomic E-state index is 8.78. The highest BCUT2D eigenvalue weighted by molar-refractivity contribution is 7.13. The van der Waals surface area contributed by atoms with Crippen molar-refractivity contribution in [3.63, 3.8) is 0 Å². The van der Waals surface area contributed by atoms with Crippen LogP contribution in [0, 0.1) is 11.3 Å².